The number of nitrogens with zero attached hydrogens (tertiary/aromatic N) is 4. The summed E-state index contributed by atoms with van der Waals surface area (Å²) >= 11 is 0. The molecule has 0 aliphatic carbocycles. The summed E-state index contributed by atoms with van der Waals surface area (Å²) in [5, 5.41) is 42.6. The van der Waals surface area contributed by atoms with Gasteiger partial charge in [-0.2, -0.15) is 0 Å². The second-order valence-corrected chi connectivity index (χ2v) is 13.0. The Morgan fingerprint density at radius 2 is 1.57 bits per heavy atom. The molecule has 3 aliphatic heterocycles. The molecule has 0 saturated carbocycles. The monoisotopic (exact) mass is 702 g/mol. The van der Waals surface area contributed by atoms with E-state index in [1.165, 1.54) is 34.1 Å². The number of fused-ring (bicyclic) bond motifs is 1. The van der Waals surface area contributed by atoms with Gasteiger partial charge in [0.15, 0.2) is 5.66 Å². The van der Waals surface area contributed by atoms with Crippen molar-refractivity contribution in [3.63, 3.8) is 0 Å². The number of carbonyl (C=O) groups is 5. The average Bonchev–Trinajstić information content (AvgIpc) is 4.01. The molecule has 6 unspecified atom stereocenters. The number of anilines is 1. The number of unbranched alkanes of at least 4 members (excludes halogenated alkanes) is 1. The number of carboxylic acids is 4. The van der Waals surface area contributed by atoms with E-state index in [-0.39, 0.29) is 24.8 Å². The van der Waals surface area contributed by atoms with Crippen LogP contribution in [0.5, 0.6) is 5.75 Å². The van der Waals surface area contributed by atoms with Crippen LogP contribution in [0, 0.1) is 0 Å². The molecule has 268 valence electrons. The van der Waals surface area contributed by atoms with Gasteiger partial charge in [-0.1, -0.05) is 19.4 Å². The number of rotatable bonds is 17. The van der Waals surface area contributed by atoms with E-state index in [9.17, 15) is 44.4 Å². The Kier molecular flexibility index (Phi) is 9.16. The lowest BCUT2D eigenvalue weighted by Crippen LogP contribution is -2.61. The van der Waals surface area contributed by atoms with E-state index in [4.69, 9.17) is 15.5 Å². The van der Waals surface area contributed by atoms with Gasteiger partial charge in [0.2, 0.25) is 0 Å². The highest BCUT2D eigenvalue weighted by Crippen LogP contribution is 2.64. The van der Waals surface area contributed by atoms with Crippen LogP contribution in [0.1, 0.15) is 54.9 Å². The number of benzene rings is 1. The number of nitrogens with one attached hydrogen (secondary N) is 1. The standard InChI is InChI=1S/C35H38N6O10/c1-3-5-13-35(33(49)50,39-29(42)18-9-11-19(36)12-10-18)40-25(26(40)30(43)44)15-21-14-22(51-4-2)16-24(38-21)23-8-6-7-20(37-23)17-34-27(31(45)46)41(34)28(34)32(47)48/h6-12,14,16,25-28H,3-5,13,15,17,36H2,1-2H3,(H,39,42)(H,43,44)(H,45,46)(H,47,48)(H,49,50). The SMILES string of the molecule is CCCCC(NC(=O)c1ccc(N)cc1)(C(=O)O)N1C(Cc2cc(OCC)cc(-c3cccc(CC45C(C(=O)O)N4C5C(=O)O)n3)n2)C1C(=O)O. The molecule has 2 aromatic heterocycles. The Morgan fingerprint density at radius 3 is 2.16 bits per heavy atom. The number of aromatic nitrogens is 2. The van der Waals surface area contributed by atoms with Gasteiger partial charge in [-0.05, 0) is 56.2 Å². The maximum absolute atomic E-state index is 13.4. The van der Waals surface area contributed by atoms with E-state index < -0.39 is 65.2 Å². The zero-order chi connectivity index (χ0) is 36.8. The van der Waals surface area contributed by atoms with E-state index in [0.717, 1.165) is 0 Å². The molecule has 0 spiro atoms. The van der Waals surface area contributed by atoms with Gasteiger partial charge >= 0.3 is 23.9 Å². The van der Waals surface area contributed by atoms with Crippen LogP contribution in [-0.2, 0) is 32.0 Å². The van der Waals surface area contributed by atoms with Gasteiger partial charge in [0.1, 0.15) is 23.9 Å². The van der Waals surface area contributed by atoms with Crippen LogP contribution < -0.4 is 15.8 Å². The summed E-state index contributed by atoms with van der Waals surface area (Å²) in [5.74, 6) is -5.14. The lowest BCUT2D eigenvalue weighted by atomic mass is 9.94. The Morgan fingerprint density at radius 1 is 0.902 bits per heavy atom. The van der Waals surface area contributed by atoms with Crippen molar-refractivity contribution in [2.24, 2.45) is 0 Å². The Labute approximate surface area is 291 Å². The second-order valence-electron chi connectivity index (χ2n) is 13.0. The van der Waals surface area contributed by atoms with Crippen molar-refractivity contribution in [2.45, 2.75) is 81.3 Å². The summed E-state index contributed by atoms with van der Waals surface area (Å²) in [6.45, 7) is 3.94. The number of nitrogens with two attached hydrogens (primary N) is 1. The summed E-state index contributed by atoms with van der Waals surface area (Å²) < 4.78 is 5.79. The fraction of sp³-hybridized carbons (Fsp3) is 0.400. The first-order valence-electron chi connectivity index (χ1n) is 16.6. The molecule has 51 heavy (non-hydrogen) atoms. The molecule has 16 nitrogen and oxygen atoms in total. The van der Waals surface area contributed by atoms with Gasteiger partial charge in [-0.15, -0.1) is 0 Å². The van der Waals surface area contributed by atoms with Crippen molar-refractivity contribution in [1.29, 1.82) is 0 Å². The fourth-order valence-electron chi connectivity index (χ4n) is 7.32. The molecular formula is C35H38N6O10. The minimum absolute atomic E-state index is 0.0118. The van der Waals surface area contributed by atoms with E-state index >= 15 is 0 Å². The number of amides is 1. The quantitative estimate of drug-likeness (QED) is 0.0866. The molecule has 0 bridgehead atoms. The third-order valence-corrected chi connectivity index (χ3v) is 9.80. The smallest absolute Gasteiger partial charge is 0.344 e. The summed E-state index contributed by atoms with van der Waals surface area (Å²) in [6.07, 6.45) is 0.999. The molecule has 1 aromatic carbocycles. The van der Waals surface area contributed by atoms with Crippen LogP contribution in [0.2, 0.25) is 0 Å². The molecule has 6 rings (SSSR count). The van der Waals surface area contributed by atoms with Gasteiger partial charge < -0.3 is 36.2 Å². The molecular weight excluding hydrogens is 664 g/mol. The van der Waals surface area contributed by atoms with Crippen molar-refractivity contribution in [2.75, 3.05) is 12.3 Å². The predicted octanol–water partition coefficient (Wildman–Crippen LogP) is 1.72. The molecule has 3 fully saturated rings. The van der Waals surface area contributed by atoms with E-state index in [1.807, 2.05) is 6.92 Å². The summed E-state index contributed by atoms with van der Waals surface area (Å²) in [4.78, 5) is 74.5. The van der Waals surface area contributed by atoms with Crippen LogP contribution in [-0.4, -0.2) is 112 Å². The van der Waals surface area contributed by atoms with Gasteiger partial charge in [0.25, 0.3) is 5.91 Å². The van der Waals surface area contributed by atoms with E-state index in [0.29, 0.717) is 53.7 Å². The lowest BCUT2D eigenvalue weighted by molar-refractivity contribution is -0.152. The minimum atomic E-state index is -2.04. The number of pyridine rings is 2. The van der Waals surface area contributed by atoms with Crippen molar-refractivity contribution in [1.82, 2.24) is 25.1 Å². The predicted molar refractivity (Wildman–Crippen MR) is 179 cm³/mol. The number of carbonyl (C=O) groups excluding carboxylic acids is 1. The van der Waals surface area contributed by atoms with Crippen LogP contribution in [0.15, 0.2) is 54.6 Å². The molecule has 1 amide bonds. The number of nitrogen functional groups attached to an aromatic ring is 1. The molecule has 5 heterocycles. The molecule has 3 aliphatic rings. The number of ether oxygens (including phenoxy) is 1. The summed E-state index contributed by atoms with van der Waals surface area (Å²) in [5.41, 5.74) is 4.85. The third-order valence-electron chi connectivity index (χ3n) is 9.80. The fourth-order valence-corrected chi connectivity index (χ4v) is 7.32. The Hall–Kier alpha value is -5.61. The molecule has 3 aromatic rings. The summed E-state index contributed by atoms with van der Waals surface area (Å²) in [7, 11) is 0. The van der Waals surface area contributed by atoms with Crippen LogP contribution >= 0.6 is 0 Å². The van der Waals surface area contributed by atoms with Gasteiger partial charge in [0, 0.05) is 53.7 Å². The van der Waals surface area contributed by atoms with E-state index in [2.05, 4.69) is 10.3 Å². The first kappa shape index (κ1) is 35.2. The van der Waals surface area contributed by atoms with Gasteiger partial charge in [-0.25, -0.2) is 4.79 Å². The zero-order valence-electron chi connectivity index (χ0n) is 27.9. The highest BCUT2D eigenvalue weighted by molar-refractivity contribution is 5.98. The van der Waals surface area contributed by atoms with Crippen molar-refractivity contribution >= 4 is 35.5 Å². The van der Waals surface area contributed by atoms with Crippen LogP contribution in [0.3, 0.4) is 0 Å². The minimum Gasteiger partial charge on any atom is -0.494 e. The van der Waals surface area contributed by atoms with Crippen molar-refractivity contribution < 1.29 is 49.1 Å². The molecule has 6 atom stereocenters. The first-order chi connectivity index (χ1) is 24.3. The van der Waals surface area contributed by atoms with Crippen molar-refractivity contribution in [3.05, 3.63) is 71.5 Å². The Balaban J connectivity index is 1.30. The van der Waals surface area contributed by atoms with E-state index in [1.54, 1.807) is 37.3 Å². The highest BCUT2D eigenvalue weighted by Gasteiger charge is 2.90. The van der Waals surface area contributed by atoms with Crippen LogP contribution in [0.4, 0.5) is 5.69 Å². The normalized spacial score (nSPS) is 26.5. The number of aliphatic carboxylic acids is 4. The lowest BCUT2D eigenvalue weighted by Gasteiger charge is -2.33. The third kappa shape index (κ3) is 6.31. The number of carboxylic acid groups (broad SMARTS) is 4. The molecule has 0 radical (unpaired) electrons. The zero-order valence-corrected chi connectivity index (χ0v) is 27.9. The highest BCUT2D eigenvalue weighted by atomic mass is 16.5. The second kappa shape index (κ2) is 13.3. The van der Waals surface area contributed by atoms with Gasteiger partial charge in [-0.3, -0.25) is 38.9 Å². The Bertz CT molecular complexity index is 1880. The molecule has 3 saturated heterocycles. The maximum atomic E-state index is 13.4. The first-order valence-corrected chi connectivity index (χ1v) is 16.6. The number of hydrogen-bond acceptors (Lipinski definition) is 11. The maximum Gasteiger partial charge on any atom is 0.344 e. The largest absolute Gasteiger partial charge is 0.494 e. The van der Waals surface area contributed by atoms with Gasteiger partial charge in [0.05, 0.1) is 23.5 Å². The molecule has 16 heteroatoms. The summed E-state index contributed by atoms with van der Waals surface area (Å²) in [6, 6.07) is 10.4. The molecule has 7 N–H and O–H groups in total. The number of hydrogen-bond donors (Lipinski definition) is 6. The topological polar surface area (TPSA) is 245 Å². The van der Waals surface area contributed by atoms with Crippen molar-refractivity contribution in [3.8, 4) is 17.1 Å². The van der Waals surface area contributed by atoms with Crippen LogP contribution in [0.25, 0.3) is 11.4 Å². The average molecular weight is 703 g/mol.